The van der Waals surface area contributed by atoms with Gasteiger partial charge >= 0.3 is 0 Å². The minimum absolute atomic E-state index is 0.0515. The molecule has 1 aromatic heterocycles. The highest BCUT2D eigenvalue weighted by Gasteiger charge is 2.64. The van der Waals surface area contributed by atoms with E-state index >= 15 is 0 Å². The summed E-state index contributed by atoms with van der Waals surface area (Å²) in [5.41, 5.74) is 3.72. The number of halogens is 1. The first-order valence-corrected chi connectivity index (χ1v) is 9.84. The minimum Gasteiger partial charge on any atom is -0.484 e. The van der Waals surface area contributed by atoms with Crippen molar-refractivity contribution in [2.75, 3.05) is 0 Å². The number of fused-ring (bicyclic) bond motifs is 1. The number of hydrogen-bond acceptors (Lipinski definition) is 6. The molecule has 4 N–H and O–H groups in total. The lowest BCUT2D eigenvalue weighted by atomic mass is 9.60. The Hall–Kier alpha value is -3.18. The largest absolute Gasteiger partial charge is 0.484 e. The molecule has 2 heterocycles. The molecule has 6 nitrogen and oxygen atoms in total. The summed E-state index contributed by atoms with van der Waals surface area (Å²) in [6.07, 6.45) is -0.0515. The third-order valence-corrected chi connectivity index (χ3v) is 6.15. The Balaban J connectivity index is 1.99. The van der Waals surface area contributed by atoms with Crippen LogP contribution in [0.1, 0.15) is 42.1 Å². The van der Waals surface area contributed by atoms with Gasteiger partial charge in [0.05, 0.1) is 11.6 Å². The van der Waals surface area contributed by atoms with Gasteiger partial charge in [0, 0.05) is 12.0 Å². The second-order valence-electron chi connectivity index (χ2n) is 8.31. The highest BCUT2D eigenvalue weighted by Crippen LogP contribution is 2.53. The molecule has 0 aliphatic carbocycles. The smallest absolute Gasteiger partial charge is 0.137 e. The van der Waals surface area contributed by atoms with Gasteiger partial charge in [-0.3, -0.25) is 0 Å². The summed E-state index contributed by atoms with van der Waals surface area (Å²) < 4.78 is 25.5. The van der Waals surface area contributed by atoms with E-state index in [1.165, 1.54) is 24.3 Å². The molecule has 0 unspecified atom stereocenters. The monoisotopic (exact) mass is 422 g/mol. The zero-order chi connectivity index (χ0) is 22.4. The molecule has 1 aliphatic rings. The summed E-state index contributed by atoms with van der Waals surface area (Å²) in [5.74, 6) is 0.743. The lowest BCUT2D eigenvalue weighted by Gasteiger charge is -2.56. The highest BCUT2D eigenvalue weighted by molar-refractivity contribution is 5.56. The zero-order valence-electron chi connectivity index (χ0n) is 17.2. The van der Waals surface area contributed by atoms with Gasteiger partial charge in [0.15, 0.2) is 0 Å². The predicted octanol–water partition coefficient (Wildman–Crippen LogP) is 3.13. The molecule has 3 aromatic rings. The van der Waals surface area contributed by atoms with Crippen molar-refractivity contribution in [2.45, 2.75) is 43.6 Å². The molecule has 31 heavy (non-hydrogen) atoms. The Labute approximate surface area is 179 Å². The maximum Gasteiger partial charge on any atom is 0.137 e. The number of aliphatic hydroxyl groups is 2. The van der Waals surface area contributed by atoms with Gasteiger partial charge in [0.1, 0.15) is 46.4 Å². The number of rotatable bonds is 4. The van der Waals surface area contributed by atoms with Crippen molar-refractivity contribution in [1.29, 1.82) is 5.26 Å². The Kier molecular flexibility index (Phi) is 4.90. The topological polar surface area (TPSA) is 113 Å². The molecule has 0 fully saturated rings. The summed E-state index contributed by atoms with van der Waals surface area (Å²) in [6.45, 7) is 3.16. The molecule has 0 radical (unpaired) electrons. The van der Waals surface area contributed by atoms with Crippen LogP contribution in [0.4, 0.5) is 4.39 Å². The van der Waals surface area contributed by atoms with E-state index in [2.05, 4.69) is 6.07 Å². The van der Waals surface area contributed by atoms with Gasteiger partial charge in [0.25, 0.3) is 0 Å². The predicted molar refractivity (Wildman–Crippen MR) is 111 cm³/mol. The number of nitrogens with two attached hydrogens (primary N) is 1. The number of nitriles is 1. The van der Waals surface area contributed by atoms with Crippen molar-refractivity contribution in [1.82, 2.24) is 0 Å². The van der Waals surface area contributed by atoms with E-state index in [-0.39, 0.29) is 13.0 Å². The number of aliphatic hydroxyl groups excluding tert-OH is 1. The van der Waals surface area contributed by atoms with Crippen LogP contribution in [0.3, 0.4) is 0 Å². The first kappa shape index (κ1) is 21.1. The molecule has 1 aliphatic heterocycles. The van der Waals surface area contributed by atoms with Crippen molar-refractivity contribution in [3.8, 4) is 11.8 Å². The first-order chi connectivity index (χ1) is 14.6. The second kappa shape index (κ2) is 7.20. The molecule has 2 atom stereocenters. The van der Waals surface area contributed by atoms with Gasteiger partial charge in [-0.25, -0.2) is 4.39 Å². The molecular weight excluding hydrogens is 399 g/mol. The van der Waals surface area contributed by atoms with Crippen LogP contribution in [-0.2, 0) is 18.6 Å². The van der Waals surface area contributed by atoms with Gasteiger partial charge in [-0.2, -0.15) is 5.26 Å². The molecular formula is C24H23FN2O4. The average Bonchev–Trinajstić information content (AvgIpc) is 3.20. The quantitative estimate of drug-likeness (QED) is 0.595. The van der Waals surface area contributed by atoms with E-state index in [0.29, 0.717) is 34.0 Å². The zero-order valence-corrected chi connectivity index (χ0v) is 17.2. The van der Waals surface area contributed by atoms with Crippen molar-refractivity contribution in [3.05, 3.63) is 88.6 Å². The first-order valence-electron chi connectivity index (χ1n) is 9.84. The lowest BCUT2D eigenvalue weighted by molar-refractivity contribution is -0.168. The Bertz CT molecular complexity index is 1170. The van der Waals surface area contributed by atoms with Gasteiger partial charge in [-0.05, 0) is 61.9 Å². The molecule has 160 valence electrons. The van der Waals surface area contributed by atoms with Crippen LogP contribution >= 0.6 is 0 Å². The maximum atomic E-state index is 13.7. The standard InChI is InChI=1S/C24H23FN2O4/c1-22(2)23(29,12-18-8-9-19(14-28)30-18)24(27,16-4-6-17(25)7-5-16)20-11-15(13-26)3-10-21(20)31-22/h3-11,28-29H,12,14,27H2,1-2H3/t23-,24-/m0/s1. The van der Waals surface area contributed by atoms with E-state index < -0.39 is 22.6 Å². The summed E-state index contributed by atoms with van der Waals surface area (Å²) in [7, 11) is 0. The Morgan fingerprint density at radius 2 is 1.74 bits per heavy atom. The van der Waals surface area contributed by atoms with Crippen LogP contribution < -0.4 is 10.5 Å². The van der Waals surface area contributed by atoms with Gasteiger partial charge in [0.2, 0.25) is 0 Å². The average molecular weight is 422 g/mol. The van der Waals surface area contributed by atoms with Crippen LogP contribution in [0.2, 0.25) is 0 Å². The summed E-state index contributed by atoms with van der Waals surface area (Å²) in [5, 5.41) is 31.0. The third kappa shape index (κ3) is 3.12. The SMILES string of the molecule is CC1(C)Oc2ccc(C#N)cc2[C@@](N)(c2ccc(F)cc2)[C@]1(O)Cc1ccc(CO)o1. The number of benzene rings is 2. The molecule has 0 amide bonds. The second-order valence-corrected chi connectivity index (χ2v) is 8.31. The van der Waals surface area contributed by atoms with Crippen LogP contribution in [-0.4, -0.2) is 21.4 Å². The number of hydrogen-bond donors (Lipinski definition) is 3. The highest BCUT2D eigenvalue weighted by atomic mass is 19.1. The molecule has 0 saturated carbocycles. The van der Waals surface area contributed by atoms with Gasteiger partial charge in [-0.15, -0.1) is 0 Å². The van der Waals surface area contributed by atoms with Crippen LogP contribution in [0.15, 0.2) is 59.0 Å². The maximum absolute atomic E-state index is 13.7. The van der Waals surface area contributed by atoms with Crippen molar-refractivity contribution >= 4 is 0 Å². The van der Waals surface area contributed by atoms with E-state index in [0.717, 1.165) is 0 Å². The summed E-state index contributed by atoms with van der Waals surface area (Å²) in [6, 6.07) is 15.8. The van der Waals surface area contributed by atoms with Gasteiger partial charge in [-0.1, -0.05) is 12.1 Å². The van der Waals surface area contributed by atoms with E-state index in [9.17, 15) is 19.9 Å². The van der Waals surface area contributed by atoms with Crippen LogP contribution in [0.5, 0.6) is 5.75 Å². The Morgan fingerprint density at radius 1 is 1.06 bits per heavy atom. The van der Waals surface area contributed by atoms with Crippen LogP contribution in [0, 0.1) is 17.1 Å². The summed E-state index contributed by atoms with van der Waals surface area (Å²) in [4.78, 5) is 0. The van der Waals surface area contributed by atoms with Crippen LogP contribution in [0.25, 0.3) is 0 Å². The van der Waals surface area contributed by atoms with E-state index in [1.54, 1.807) is 44.2 Å². The fraction of sp³-hybridized carbons (Fsp3) is 0.292. The van der Waals surface area contributed by atoms with E-state index in [1.807, 2.05) is 0 Å². The fourth-order valence-electron chi connectivity index (χ4n) is 4.37. The molecule has 4 rings (SSSR count). The van der Waals surface area contributed by atoms with Crippen molar-refractivity contribution < 1.29 is 23.8 Å². The molecule has 2 aromatic carbocycles. The van der Waals surface area contributed by atoms with E-state index in [4.69, 9.17) is 14.9 Å². The van der Waals surface area contributed by atoms with Crippen molar-refractivity contribution in [2.24, 2.45) is 5.73 Å². The Morgan fingerprint density at radius 3 is 2.35 bits per heavy atom. The minimum atomic E-state index is -1.77. The molecule has 0 bridgehead atoms. The normalized spacial score (nSPS) is 24.2. The molecule has 0 saturated heterocycles. The molecule has 0 spiro atoms. The third-order valence-electron chi connectivity index (χ3n) is 6.15. The number of furan rings is 1. The number of ether oxygens (including phenoxy) is 1. The molecule has 7 heteroatoms. The number of nitrogens with zero attached hydrogens (tertiary/aromatic N) is 1. The van der Waals surface area contributed by atoms with Gasteiger partial charge < -0.3 is 25.1 Å². The lowest BCUT2D eigenvalue weighted by Crippen LogP contribution is -2.73. The van der Waals surface area contributed by atoms with Crippen molar-refractivity contribution in [3.63, 3.8) is 0 Å². The summed E-state index contributed by atoms with van der Waals surface area (Å²) >= 11 is 0. The fourth-order valence-corrected chi connectivity index (χ4v) is 4.37.